The Bertz CT molecular complexity index is 1210. The molecule has 3 aromatic heterocycles. The zero-order valence-corrected chi connectivity index (χ0v) is 16.0. The van der Waals surface area contributed by atoms with Crippen LogP contribution in [0.25, 0.3) is 26.4 Å². The highest BCUT2D eigenvalue weighted by Gasteiger charge is 2.19. The zero-order valence-electron chi connectivity index (χ0n) is 15.2. The number of thiazole rings is 1. The Labute approximate surface area is 164 Å². The fourth-order valence-electron chi connectivity index (χ4n) is 3.71. The number of imidazole rings is 1. The molecule has 5 rings (SSSR count). The van der Waals surface area contributed by atoms with Gasteiger partial charge in [-0.1, -0.05) is 17.4 Å². The van der Waals surface area contributed by atoms with Gasteiger partial charge in [0.15, 0.2) is 4.96 Å². The molecule has 6 nitrogen and oxygen atoms in total. The Morgan fingerprint density at radius 2 is 2.29 bits per heavy atom. The number of aromatic nitrogens is 3. The number of halogens is 1. The van der Waals surface area contributed by atoms with Gasteiger partial charge in [-0.25, -0.2) is 14.4 Å². The second-order valence-electron chi connectivity index (χ2n) is 6.89. The van der Waals surface area contributed by atoms with Gasteiger partial charge in [-0.15, -0.1) is 0 Å². The van der Waals surface area contributed by atoms with Gasteiger partial charge >= 0.3 is 0 Å². The SMILES string of the molecule is CNC(=O)c1cc2sc3nc(-c4ccc([C@H]5CCCN5)cc4F)cn3c2cn1. The summed E-state index contributed by atoms with van der Waals surface area (Å²) in [6.07, 6.45) is 5.63. The maximum atomic E-state index is 14.8. The Morgan fingerprint density at radius 1 is 1.39 bits per heavy atom. The number of nitrogens with zero attached hydrogens (tertiary/aromatic N) is 3. The molecule has 0 saturated carbocycles. The first-order valence-electron chi connectivity index (χ1n) is 9.17. The van der Waals surface area contributed by atoms with Crippen LogP contribution in [-0.4, -0.2) is 33.9 Å². The molecule has 1 aromatic carbocycles. The van der Waals surface area contributed by atoms with Crippen molar-refractivity contribution < 1.29 is 9.18 Å². The molecule has 0 bridgehead atoms. The summed E-state index contributed by atoms with van der Waals surface area (Å²) in [4.78, 5) is 21.3. The third-order valence-electron chi connectivity index (χ3n) is 5.17. The molecule has 2 N–H and O–H groups in total. The highest BCUT2D eigenvalue weighted by Crippen LogP contribution is 2.32. The summed E-state index contributed by atoms with van der Waals surface area (Å²) in [7, 11) is 1.57. The summed E-state index contributed by atoms with van der Waals surface area (Å²) < 4.78 is 17.6. The fourth-order valence-corrected chi connectivity index (χ4v) is 4.72. The van der Waals surface area contributed by atoms with Crippen molar-refractivity contribution >= 4 is 32.4 Å². The van der Waals surface area contributed by atoms with E-state index >= 15 is 0 Å². The molecule has 1 amide bonds. The maximum Gasteiger partial charge on any atom is 0.269 e. The van der Waals surface area contributed by atoms with Crippen molar-refractivity contribution in [1.82, 2.24) is 25.0 Å². The van der Waals surface area contributed by atoms with Crippen molar-refractivity contribution in [2.75, 3.05) is 13.6 Å². The second kappa shape index (κ2) is 6.65. The van der Waals surface area contributed by atoms with Gasteiger partial charge in [-0.3, -0.25) is 9.20 Å². The number of carbonyl (C=O) groups is 1. The largest absolute Gasteiger partial charge is 0.354 e. The zero-order chi connectivity index (χ0) is 19.3. The topological polar surface area (TPSA) is 71.3 Å². The van der Waals surface area contributed by atoms with Crippen LogP contribution in [0.3, 0.4) is 0 Å². The lowest BCUT2D eigenvalue weighted by Gasteiger charge is -2.11. The first-order chi connectivity index (χ1) is 13.6. The van der Waals surface area contributed by atoms with E-state index in [0.717, 1.165) is 40.1 Å². The van der Waals surface area contributed by atoms with Crippen LogP contribution in [0, 0.1) is 5.82 Å². The summed E-state index contributed by atoms with van der Waals surface area (Å²) in [5, 5.41) is 5.96. The predicted molar refractivity (Wildman–Crippen MR) is 107 cm³/mol. The van der Waals surface area contributed by atoms with Gasteiger partial charge in [-0.2, -0.15) is 0 Å². The fraction of sp³-hybridized carbons (Fsp3) is 0.250. The first-order valence-corrected chi connectivity index (χ1v) is 9.98. The molecule has 28 heavy (non-hydrogen) atoms. The second-order valence-corrected chi connectivity index (χ2v) is 7.89. The number of nitrogens with one attached hydrogen (secondary N) is 2. The maximum absolute atomic E-state index is 14.8. The van der Waals surface area contributed by atoms with Crippen LogP contribution in [0.1, 0.15) is 34.9 Å². The van der Waals surface area contributed by atoms with E-state index in [1.165, 1.54) is 11.3 Å². The molecule has 4 heterocycles. The Morgan fingerprint density at radius 3 is 3.04 bits per heavy atom. The van der Waals surface area contributed by atoms with Gasteiger partial charge < -0.3 is 10.6 Å². The lowest BCUT2D eigenvalue weighted by atomic mass is 10.0. The van der Waals surface area contributed by atoms with Crippen molar-refractivity contribution in [2.45, 2.75) is 18.9 Å². The van der Waals surface area contributed by atoms with E-state index in [9.17, 15) is 9.18 Å². The van der Waals surface area contributed by atoms with Gasteiger partial charge in [-0.05, 0) is 43.1 Å². The Kier molecular flexibility index (Phi) is 4.10. The third kappa shape index (κ3) is 2.76. The molecule has 0 spiro atoms. The number of hydrogen-bond acceptors (Lipinski definition) is 5. The molecule has 0 aliphatic carbocycles. The van der Waals surface area contributed by atoms with E-state index in [0.29, 0.717) is 17.0 Å². The third-order valence-corrected chi connectivity index (χ3v) is 6.19. The molecule has 0 unspecified atom stereocenters. The molecule has 1 saturated heterocycles. The van der Waals surface area contributed by atoms with Crippen molar-refractivity contribution in [3.05, 3.63) is 53.7 Å². The first kappa shape index (κ1) is 17.3. The number of amides is 1. The van der Waals surface area contributed by atoms with Crippen LogP contribution >= 0.6 is 11.3 Å². The quantitative estimate of drug-likeness (QED) is 0.557. The summed E-state index contributed by atoms with van der Waals surface area (Å²) >= 11 is 1.45. The summed E-state index contributed by atoms with van der Waals surface area (Å²) in [6, 6.07) is 7.38. The average Bonchev–Trinajstić information content (AvgIpc) is 3.42. The molecular weight excluding hydrogens is 377 g/mol. The van der Waals surface area contributed by atoms with E-state index in [2.05, 4.69) is 20.6 Å². The van der Waals surface area contributed by atoms with Gasteiger partial charge in [0.25, 0.3) is 5.91 Å². The molecule has 1 fully saturated rings. The minimum absolute atomic E-state index is 0.229. The summed E-state index contributed by atoms with van der Waals surface area (Å²) in [6.45, 7) is 0.980. The highest BCUT2D eigenvalue weighted by atomic mass is 32.1. The molecule has 142 valence electrons. The smallest absolute Gasteiger partial charge is 0.269 e. The predicted octanol–water partition coefficient (Wildman–Crippen LogP) is 3.53. The van der Waals surface area contributed by atoms with E-state index in [4.69, 9.17) is 0 Å². The van der Waals surface area contributed by atoms with Crippen molar-refractivity contribution in [1.29, 1.82) is 0 Å². The highest BCUT2D eigenvalue weighted by molar-refractivity contribution is 7.23. The normalized spacial score (nSPS) is 16.9. The molecule has 1 aliphatic rings. The van der Waals surface area contributed by atoms with Crippen LogP contribution in [0.2, 0.25) is 0 Å². The lowest BCUT2D eigenvalue weighted by Crippen LogP contribution is -2.18. The van der Waals surface area contributed by atoms with Gasteiger partial charge in [0.05, 0.1) is 22.1 Å². The monoisotopic (exact) mass is 395 g/mol. The van der Waals surface area contributed by atoms with Gasteiger partial charge in [0.2, 0.25) is 0 Å². The number of carbonyl (C=O) groups excluding carboxylic acids is 1. The van der Waals surface area contributed by atoms with E-state index in [-0.39, 0.29) is 17.8 Å². The minimum Gasteiger partial charge on any atom is -0.354 e. The number of pyridine rings is 1. The summed E-state index contributed by atoms with van der Waals surface area (Å²) in [5.74, 6) is -0.492. The van der Waals surface area contributed by atoms with Gasteiger partial charge in [0, 0.05) is 24.8 Å². The van der Waals surface area contributed by atoms with E-state index in [1.54, 1.807) is 31.4 Å². The molecule has 1 atom stereocenters. The molecule has 4 aromatic rings. The molecule has 8 heteroatoms. The van der Waals surface area contributed by atoms with Crippen LogP contribution < -0.4 is 10.6 Å². The van der Waals surface area contributed by atoms with Crippen LogP contribution in [-0.2, 0) is 0 Å². The number of fused-ring (bicyclic) bond motifs is 3. The van der Waals surface area contributed by atoms with Crippen molar-refractivity contribution in [3.8, 4) is 11.3 Å². The van der Waals surface area contributed by atoms with E-state index < -0.39 is 0 Å². The van der Waals surface area contributed by atoms with Crippen LogP contribution in [0.5, 0.6) is 0 Å². The van der Waals surface area contributed by atoms with E-state index in [1.807, 2.05) is 16.7 Å². The number of benzene rings is 1. The Balaban J connectivity index is 1.53. The number of rotatable bonds is 3. The van der Waals surface area contributed by atoms with Crippen LogP contribution in [0.15, 0.2) is 36.7 Å². The number of hydrogen-bond donors (Lipinski definition) is 2. The molecule has 0 radical (unpaired) electrons. The van der Waals surface area contributed by atoms with Crippen molar-refractivity contribution in [2.24, 2.45) is 0 Å². The lowest BCUT2D eigenvalue weighted by molar-refractivity contribution is 0.0958. The molecular formula is C20H18FN5OS. The van der Waals surface area contributed by atoms with Gasteiger partial charge in [0.1, 0.15) is 11.5 Å². The van der Waals surface area contributed by atoms with Crippen molar-refractivity contribution in [3.63, 3.8) is 0 Å². The standard InChI is InChI=1S/C20H18FN5OS/c1-22-19(27)15-8-18-17(9-24-15)26-10-16(25-20(26)28-18)12-5-4-11(7-13(12)21)14-3-2-6-23-14/h4-5,7-10,14,23H,2-3,6H2,1H3,(H,22,27)/t14-/m1/s1. The average molecular weight is 395 g/mol. The molecule has 1 aliphatic heterocycles. The summed E-state index contributed by atoms with van der Waals surface area (Å²) in [5.41, 5.74) is 3.27. The Hall–Kier alpha value is -2.84. The van der Waals surface area contributed by atoms with Crippen LogP contribution in [0.4, 0.5) is 4.39 Å². The minimum atomic E-state index is -0.263.